The third-order valence-corrected chi connectivity index (χ3v) is 11.6. The number of fused-ring (bicyclic) bond motifs is 4. The van der Waals surface area contributed by atoms with E-state index in [-0.39, 0.29) is 96.3 Å². The molecule has 1 aliphatic carbocycles. The minimum absolute atomic E-state index is 0.0235. The normalized spacial score (nSPS) is 24.7. The van der Waals surface area contributed by atoms with Crippen LogP contribution in [0.5, 0.6) is 5.75 Å². The van der Waals surface area contributed by atoms with Crippen LogP contribution in [0.2, 0.25) is 0 Å². The molecule has 18 heteroatoms. The van der Waals surface area contributed by atoms with Gasteiger partial charge in [-0.1, -0.05) is 13.0 Å². The van der Waals surface area contributed by atoms with Gasteiger partial charge in [-0.2, -0.15) is 22.7 Å². The number of aromatic nitrogens is 6. The molecule has 14 nitrogen and oxygen atoms in total. The Morgan fingerprint density at radius 1 is 1.17 bits per heavy atom. The number of aryl methyl sites for hydroxylation is 1. The lowest BCUT2D eigenvalue weighted by molar-refractivity contribution is -0.137. The molecule has 4 aromatic heterocycles. The highest BCUT2D eigenvalue weighted by Crippen LogP contribution is 2.46. The Labute approximate surface area is 301 Å². The van der Waals surface area contributed by atoms with Crippen molar-refractivity contribution >= 4 is 45.2 Å². The lowest BCUT2D eigenvalue weighted by Gasteiger charge is -2.54. The summed E-state index contributed by atoms with van der Waals surface area (Å²) in [7, 11) is 0. The van der Waals surface area contributed by atoms with Crippen molar-refractivity contribution < 1.29 is 35.3 Å². The third-order valence-electron chi connectivity index (χ3n) is 10.6. The molecule has 2 amide bonds. The van der Waals surface area contributed by atoms with Gasteiger partial charge in [-0.15, -0.1) is 16.4 Å². The van der Waals surface area contributed by atoms with E-state index in [1.165, 1.54) is 13.3 Å². The van der Waals surface area contributed by atoms with E-state index in [0.29, 0.717) is 29.8 Å². The Balaban J connectivity index is 1.21. The lowest BCUT2D eigenvalue weighted by Crippen LogP contribution is -2.67. The van der Waals surface area contributed by atoms with E-state index in [9.17, 15) is 32.7 Å². The number of allylic oxidation sites excluding steroid dienone is 1. The number of thiophene rings is 1. The molecule has 2 unspecified atom stereocenters. The molecule has 2 N–H and O–H groups in total. The first-order chi connectivity index (χ1) is 25.6. The first-order valence-electron chi connectivity index (χ1n) is 18.0. The summed E-state index contributed by atoms with van der Waals surface area (Å²) in [4.78, 5) is 58.8. The van der Waals surface area contributed by atoms with E-state index >= 15 is 0 Å². The van der Waals surface area contributed by atoms with Crippen LogP contribution in [-0.2, 0) is 15.7 Å². The van der Waals surface area contributed by atoms with Crippen LogP contribution in [0.3, 0.4) is 0 Å². The summed E-state index contributed by atoms with van der Waals surface area (Å²) in [6.45, 7) is 3.28. The largest absolute Gasteiger partial charge is 0.504 e. The summed E-state index contributed by atoms with van der Waals surface area (Å²) < 4.78 is 65.1. The Bertz CT molecular complexity index is 2310. The summed E-state index contributed by atoms with van der Waals surface area (Å²) >= 11 is 0.781. The topological polar surface area (TPSA) is 160 Å². The number of halogens is 3. The number of alkyl halides is 3. The first-order valence-corrected chi connectivity index (χ1v) is 17.9. The Kier molecular flexibility index (Phi) is 7.77. The molecule has 2 fully saturated rings. The molecule has 4 aromatic rings. The summed E-state index contributed by atoms with van der Waals surface area (Å²) in [5.74, 6) is -1.45. The number of amides is 2. The second-order valence-corrected chi connectivity index (χ2v) is 14.4. The van der Waals surface area contributed by atoms with Crippen molar-refractivity contribution in [2.24, 2.45) is 0 Å². The second-order valence-electron chi connectivity index (χ2n) is 13.5. The van der Waals surface area contributed by atoms with Crippen LogP contribution >= 0.6 is 11.3 Å². The lowest BCUT2D eigenvalue weighted by atomic mass is 9.81. The number of piperazine rings is 1. The van der Waals surface area contributed by atoms with Gasteiger partial charge in [-0.25, -0.2) is 9.97 Å². The highest BCUT2D eigenvalue weighted by molar-refractivity contribution is 7.14. The maximum atomic E-state index is 14.7. The van der Waals surface area contributed by atoms with Crippen molar-refractivity contribution in [3.63, 3.8) is 0 Å². The monoisotopic (exact) mass is 741 g/mol. The van der Waals surface area contributed by atoms with Gasteiger partial charge >= 0.3 is 6.18 Å². The second kappa shape index (κ2) is 12.7. The zero-order chi connectivity index (χ0) is 38.4. The Morgan fingerprint density at radius 3 is 2.69 bits per heavy atom. The zero-order valence-electron chi connectivity index (χ0n) is 30.4. The van der Waals surface area contributed by atoms with Crippen molar-refractivity contribution in [2.75, 3.05) is 36.5 Å². The van der Waals surface area contributed by atoms with Gasteiger partial charge in [0, 0.05) is 37.0 Å². The number of hydrogen-bond donors (Lipinski definition) is 2. The SMILES string of the molecule is [2H]C1([2H])CCC(c2nc3n4c(c(N5CCN(C(=O)c6ncnc(C)c6O)[C@H]6CC[C@@H]65)c(=O)n3n2)C(C)CC4C(=O)Nc2scc(C(F)(F)F)c2C)=CCO1. The maximum Gasteiger partial charge on any atom is 0.417 e. The summed E-state index contributed by atoms with van der Waals surface area (Å²) in [6.07, 6.45) is 0.0409. The molecule has 4 aliphatic rings. The van der Waals surface area contributed by atoms with Gasteiger partial charge in [0.25, 0.3) is 11.5 Å². The molecule has 4 atom stereocenters. The van der Waals surface area contributed by atoms with Crippen LogP contribution in [-0.4, -0.2) is 89.3 Å². The van der Waals surface area contributed by atoms with Crippen molar-refractivity contribution in [1.82, 2.24) is 34.0 Å². The standard InChI is InChI=1S/C34H36F3N9O5S/c1-16-13-23(29(48)41-30-17(2)20(14-52-30)34(35,36)37)45-25(16)26(32(50)46-33(45)40-28(42-46)19-5-4-11-51-12-8-19)43-9-10-44(22-7-6-21(22)43)31(49)24-27(47)18(3)38-15-39-24/h8,14-16,21-23,47H,4-7,9-13H2,1-3H3,(H,41,48)/t16?,21-,22-,23?/m0/s1/i11D2. The summed E-state index contributed by atoms with van der Waals surface area (Å²) in [5.41, 5.74) is 0.138. The van der Waals surface area contributed by atoms with E-state index < -0.39 is 41.7 Å². The number of ether oxygens (including phenoxy) is 1. The predicted molar refractivity (Wildman–Crippen MR) is 184 cm³/mol. The van der Waals surface area contributed by atoms with Crippen molar-refractivity contribution in [3.8, 4) is 5.75 Å². The van der Waals surface area contributed by atoms with E-state index in [0.717, 1.165) is 21.2 Å². The van der Waals surface area contributed by atoms with Gasteiger partial charge < -0.3 is 25.0 Å². The number of carbonyl (C=O) groups is 2. The predicted octanol–water partition coefficient (Wildman–Crippen LogP) is 4.46. The number of nitrogens with one attached hydrogen (secondary N) is 1. The number of hydrogen-bond acceptors (Lipinski definition) is 11. The van der Waals surface area contributed by atoms with Crippen LogP contribution in [0.4, 0.5) is 23.9 Å². The van der Waals surface area contributed by atoms with Crippen molar-refractivity contribution in [3.05, 3.63) is 62.2 Å². The number of carbonyl (C=O) groups excluding carboxylic acids is 2. The van der Waals surface area contributed by atoms with Crippen molar-refractivity contribution in [1.29, 1.82) is 0 Å². The average molecular weight is 742 g/mol. The van der Waals surface area contributed by atoms with Crippen LogP contribution in [0.25, 0.3) is 11.4 Å². The molecule has 1 saturated carbocycles. The van der Waals surface area contributed by atoms with E-state index in [1.54, 1.807) is 22.5 Å². The molecule has 3 aliphatic heterocycles. The van der Waals surface area contributed by atoms with E-state index in [2.05, 4.69) is 20.4 Å². The van der Waals surface area contributed by atoms with Gasteiger partial charge in [-0.3, -0.25) is 19.0 Å². The summed E-state index contributed by atoms with van der Waals surface area (Å²) in [6, 6.07) is -1.58. The minimum atomic E-state index is -4.59. The molecule has 8 rings (SSSR count). The van der Waals surface area contributed by atoms with Gasteiger partial charge in [0.1, 0.15) is 18.1 Å². The number of nitrogens with zero attached hydrogens (tertiary/aromatic N) is 8. The fraction of sp³-hybridized carbons (Fsp3) is 0.500. The first kappa shape index (κ1) is 31.9. The summed E-state index contributed by atoms with van der Waals surface area (Å²) in [5, 5.41) is 18.9. The molecule has 7 heterocycles. The fourth-order valence-electron chi connectivity index (χ4n) is 7.80. The molecule has 0 spiro atoms. The van der Waals surface area contributed by atoms with E-state index in [4.69, 9.17) is 12.5 Å². The highest BCUT2D eigenvalue weighted by Gasteiger charge is 2.49. The molecule has 1 saturated heterocycles. The van der Waals surface area contributed by atoms with Gasteiger partial charge in [0.2, 0.25) is 11.7 Å². The Hall–Kier alpha value is -4.84. The van der Waals surface area contributed by atoms with Crippen LogP contribution < -0.4 is 15.8 Å². The highest BCUT2D eigenvalue weighted by atomic mass is 32.1. The number of rotatable bonds is 5. The Morgan fingerprint density at radius 2 is 1.96 bits per heavy atom. The van der Waals surface area contributed by atoms with Gasteiger partial charge in [-0.05, 0) is 57.1 Å². The van der Waals surface area contributed by atoms with Gasteiger partial charge in [0.05, 0.1) is 37.3 Å². The molecule has 0 bridgehead atoms. The zero-order valence-corrected chi connectivity index (χ0v) is 29.2. The molecule has 0 aromatic carbocycles. The third kappa shape index (κ3) is 5.45. The minimum Gasteiger partial charge on any atom is -0.504 e. The molecule has 52 heavy (non-hydrogen) atoms. The molecule has 274 valence electrons. The number of aromatic hydroxyl groups is 1. The quantitative estimate of drug-likeness (QED) is 0.299. The maximum absolute atomic E-state index is 14.7. The van der Waals surface area contributed by atoms with Crippen LogP contribution in [0.1, 0.15) is 92.6 Å². The van der Waals surface area contributed by atoms with Crippen LogP contribution in [0.15, 0.2) is 22.6 Å². The average Bonchev–Trinajstić information content (AvgIpc) is 3.76. The molecular formula is C34H36F3N9O5S. The van der Waals surface area contributed by atoms with Crippen molar-refractivity contribution in [2.45, 2.75) is 83.1 Å². The van der Waals surface area contributed by atoms with E-state index in [1.807, 2.05) is 11.8 Å². The fourth-order valence-corrected chi connectivity index (χ4v) is 8.79. The smallest absolute Gasteiger partial charge is 0.417 e. The van der Waals surface area contributed by atoms with Gasteiger partial charge in [0.15, 0.2) is 17.3 Å². The van der Waals surface area contributed by atoms with Crippen LogP contribution in [0, 0.1) is 13.8 Å². The molecular weight excluding hydrogens is 703 g/mol. The number of anilines is 2. The molecule has 0 radical (unpaired) electrons.